The zero-order chi connectivity index (χ0) is 31.8. The molecule has 1 aliphatic rings. The highest BCUT2D eigenvalue weighted by atomic mass is 32.2. The number of amides is 1. The van der Waals surface area contributed by atoms with Crippen molar-refractivity contribution in [2.24, 2.45) is 5.92 Å². The zero-order valence-corrected chi connectivity index (χ0v) is 29.5. The Bertz CT molecular complexity index is 1160. The second-order valence-corrected chi connectivity index (χ2v) is 20.3. The van der Waals surface area contributed by atoms with Gasteiger partial charge in [0, 0.05) is 11.8 Å². The van der Waals surface area contributed by atoms with E-state index in [1.807, 2.05) is 98.1 Å². The van der Waals surface area contributed by atoms with Crippen LogP contribution in [0.25, 0.3) is 0 Å². The zero-order valence-electron chi connectivity index (χ0n) is 27.7. The molecule has 2 unspecified atom stereocenters. The van der Waals surface area contributed by atoms with Gasteiger partial charge < -0.3 is 18.8 Å². The summed E-state index contributed by atoms with van der Waals surface area (Å²) in [5.41, 5.74) is 1.33. The van der Waals surface area contributed by atoms with Crippen LogP contribution in [0.5, 0.6) is 0 Å². The van der Waals surface area contributed by atoms with Crippen molar-refractivity contribution in [3.8, 4) is 0 Å². The molecular formula is C35H53NO5SSi. The van der Waals surface area contributed by atoms with Gasteiger partial charge in [-0.3, -0.25) is 4.79 Å². The van der Waals surface area contributed by atoms with Crippen molar-refractivity contribution in [2.75, 3.05) is 12.3 Å². The first kappa shape index (κ1) is 35.2. The van der Waals surface area contributed by atoms with E-state index in [0.29, 0.717) is 13.0 Å². The molecule has 0 aromatic heterocycles. The van der Waals surface area contributed by atoms with Gasteiger partial charge in [0.1, 0.15) is 12.2 Å². The molecule has 1 heterocycles. The van der Waals surface area contributed by atoms with Crippen LogP contribution in [0, 0.1) is 5.92 Å². The predicted molar refractivity (Wildman–Crippen MR) is 180 cm³/mol. The quantitative estimate of drug-likeness (QED) is 0.174. The van der Waals surface area contributed by atoms with Crippen LogP contribution in [0.15, 0.2) is 60.7 Å². The number of hydrogen-bond acceptors (Lipinski definition) is 6. The molecule has 0 saturated carbocycles. The molecule has 0 radical (unpaired) electrons. The maximum absolute atomic E-state index is 14.2. The Morgan fingerprint density at radius 3 is 2.07 bits per heavy atom. The Morgan fingerprint density at radius 1 is 0.953 bits per heavy atom. The molecule has 1 aliphatic heterocycles. The third-order valence-corrected chi connectivity index (χ3v) is 14.3. The number of esters is 1. The summed E-state index contributed by atoms with van der Waals surface area (Å²) in [5, 5.41) is 0.142. The summed E-state index contributed by atoms with van der Waals surface area (Å²) >= 11 is 1.89. The topological polar surface area (TPSA) is 65.1 Å². The molecule has 6 nitrogen and oxygen atoms in total. The molecule has 4 atom stereocenters. The van der Waals surface area contributed by atoms with Crippen molar-refractivity contribution < 1.29 is 23.5 Å². The Labute approximate surface area is 265 Å². The van der Waals surface area contributed by atoms with Gasteiger partial charge in [-0.15, -0.1) is 0 Å². The van der Waals surface area contributed by atoms with Crippen molar-refractivity contribution in [3.05, 3.63) is 71.8 Å². The molecule has 8 heteroatoms. The number of nitrogens with zero attached hydrogens (tertiary/aromatic N) is 1. The van der Waals surface area contributed by atoms with E-state index in [1.165, 1.54) is 0 Å². The minimum atomic E-state index is -2.40. The average molecular weight is 628 g/mol. The second-order valence-electron chi connectivity index (χ2n) is 14.2. The van der Waals surface area contributed by atoms with Crippen LogP contribution in [0.1, 0.15) is 72.4 Å². The van der Waals surface area contributed by atoms with Crippen LogP contribution in [0.2, 0.25) is 18.1 Å². The average Bonchev–Trinajstić information content (AvgIpc) is 3.36. The SMILES string of the molecule is CCCSC1CC([C@@H](O[Si](C)(C)C(C)(C)C)[C@H](Cc2ccccc2)C(=O)OCc2ccccc2)N(C(=O)OC(C)(C)C)C1. The molecule has 0 N–H and O–H groups in total. The van der Waals surface area contributed by atoms with Crippen molar-refractivity contribution in [1.29, 1.82) is 0 Å². The number of ether oxygens (including phenoxy) is 2. The van der Waals surface area contributed by atoms with Crippen LogP contribution >= 0.6 is 11.8 Å². The Morgan fingerprint density at radius 2 is 1.53 bits per heavy atom. The lowest BCUT2D eigenvalue weighted by Crippen LogP contribution is -2.56. The summed E-state index contributed by atoms with van der Waals surface area (Å²) in [6.07, 6.45) is 1.35. The van der Waals surface area contributed by atoms with Crippen LogP contribution in [0.3, 0.4) is 0 Å². The van der Waals surface area contributed by atoms with E-state index in [2.05, 4.69) is 40.8 Å². The summed E-state index contributed by atoms with van der Waals surface area (Å²) in [5.74, 6) is 0.107. The lowest BCUT2D eigenvalue weighted by atomic mass is 9.88. The number of carbonyl (C=O) groups is 2. The van der Waals surface area contributed by atoms with E-state index < -0.39 is 25.9 Å². The van der Waals surface area contributed by atoms with Gasteiger partial charge in [0.05, 0.1) is 18.1 Å². The fourth-order valence-corrected chi connectivity index (χ4v) is 7.58. The van der Waals surface area contributed by atoms with E-state index in [1.54, 1.807) is 0 Å². The summed E-state index contributed by atoms with van der Waals surface area (Å²) in [4.78, 5) is 29.8. The third kappa shape index (κ3) is 10.4. The summed E-state index contributed by atoms with van der Waals surface area (Å²) in [7, 11) is -2.40. The van der Waals surface area contributed by atoms with Crippen molar-refractivity contribution >= 4 is 32.1 Å². The first-order chi connectivity index (χ1) is 20.1. The number of carbonyl (C=O) groups excluding carboxylic acids is 2. The molecule has 2 aromatic carbocycles. The highest BCUT2D eigenvalue weighted by Crippen LogP contribution is 2.42. The summed E-state index contributed by atoms with van der Waals surface area (Å²) < 4.78 is 19.2. The van der Waals surface area contributed by atoms with Gasteiger partial charge in [-0.2, -0.15) is 11.8 Å². The summed E-state index contributed by atoms with van der Waals surface area (Å²) in [6, 6.07) is 19.5. The van der Waals surface area contributed by atoms with E-state index in [-0.39, 0.29) is 35.0 Å². The molecule has 3 rings (SSSR count). The standard InChI is InChI=1S/C35H53NO5SSi/c1-10-21-42-28-23-30(36(24-28)33(38)40-34(2,3)4)31(41-43(8,9)35(5,6)7)29(22-26-17-13-11-14-18-26)32(37)39-25-27-19-15-12-16-20-27/h11-20,28-31H,10,21-25H2,1-9H3/t28?,29-,30?,31-/m0/s1. The van der Waals surface area contributed by atoms with Crippen LogP contribution in [0.4, 0.5) is 4.79 Å². The molecule has 1 saturated heterocycles. The Balaban J connectivity index is 2.08. The van der Waals surface area contributed by atoms with Gasteiger partial charge in [-0.05, 0) is 75.0 Å². The monoisotopic (exact) mass is 627 g/mol. The minimum absolute atomic E-state index is 0.0950. The molecule has 0 aliphatic carbocycles. The number of benzene rings is 2. The minimum Gasteiger partial charge on any atom is -0.461 e. The molecule has 0 bridgehead atoms. The maximum atomic E-state index is 14.2. The molecular weight excluding hydrogens is 575 g/mol. The smallest absolute Gasteiger partial charge is 0.410 e. The normalized spacial score (nSPS) is 19.1. The first-order valence-electron chi connectivity index (χ1n) is 15.6. The van der Waals surface area contributed by atoms with E-state index >= 15 is 0 Å². The van der Waals surface area contributed by atoms with Crippen LogP contribution in [-0.4, -0.2) is 60.6 Å². The first-order valence-corrected chi connectivity index (χ1v) is 19.6. The van der Waals surface area contributed by atoms with Gasteiger partial charge in [0.2, 0.25) is 0 Å². The molecule has 1 amide bonds. The number of thioether (sulfide) groups is 1. The van der Waals surface area contributed by atoms with E-state index in [9.17, 15) is 9.59 Å². The molecule has 1 fully saturated rings. The molecule has 2 aromatic rings. The third-order valence-electron chi connectivity index (χ3n) is 8.33. The van der Waals surface area contributed by atoms with Gasteiger partial charge in [-0.1, -0.05) is 88.4 Å². The second kappa shape index (κ2) is 15.1. The lowest BCUT2D eigenvalue weighted by molar-refractivity contribution is -0.155. The molecule has 0 spiro atoms. The Kier molecular flexibility index (Phi) is 12.4. The van der Waals surface area contributed by atoms with Crippen molar-refractivity contribution in [3.63, 3.8) is 0 Å². The van der Waals surface area contributed by atoms with E-state index in [0.717, 1.165) is 29.7 Å². The van der Waals surface area contributed by atoms with Gasteiger partial charge >= 0.3 is 12.1 Å². The van der Waals surface area contributed by atoms with Crippen LogP contribution < -0.4 is 0 Å². The molecule has 43 heavy (non-hydrogen) atoms. The Hall–Kier alpha value is -2.29. The molecule has 238 valence electrons. The number of hydrogen-bond donors (Lipinski definition) is 0. The highest BCUT2D eigenvalue weighted by Gasteiger charge is 2.50. The fraction of sp³-hybridized carbons (Fsp3) is 0.600. The lowest BCUT2D eigenvalue weighted by Gasteiger charge is -2.44. The fourth-order valence-electron chi connectivity index (χ4n) is 5.06. The van der Waals surface area contributed by atoms with Crippen molar-refractivity contribution in [2.45, 2.75) is 115 Å². The highest BCUT2D eigenvalue weighted by molar-refractivity contribution is 7.99. The van der Waals surface area contributed by atoms with Crippen molar-refractivity contribution in [1.82, 2.24) is 4.90 Å². The maximum Gasteiger partial charge on any atom is 0.410 e. The van der Waals surface area contributed by atoms with Gasteiger partial charge in [0.15, 0.2) is 8.32 Å². The number of rotatable bonds is 12. The van der Waals surface area contributed by atoms with Gasteiger partial charge in [-0.25, -0.2) is 4.79 Å². The predicted octanol–water partition coefficient (Wildman–Crippen LogP) is 8.50. The van der Waals surface area contributed by atoms with Gasteiger partial charge in [0.25, 0.3) is 0 Å². The summed E-state index contributed by atoms with van der Waals surface area (Å²) in [6.45, 7) is 19.6. The van der Waals surface area contributed by atoms with E-state index in [4.69, 9.17) is 13.9 Å². The number of likely N-dealkylation sites (tertiary alicyclic amines) is 1. The largest absolute Gasteiger partial charge is 0.461 e. The van der Waals surface area contributed by atoms with Crippen LogP contribution in [-0.2, 0) is 31.7 Å².